The molecule has 144 valence electrons. The van der Waals surface area contributed by atoms with Gasteiger partial charge < -0.3 is 20.2 Å². The van der Waals surface area contributed by atoms with Crippen molar-refractivity contribution in [3.8, 4) is 11.6 Å². The molecule has 3 aromatic rings. The van der Waals surface area contributed by atoms with Crippen LogP contribution in [0.25, 0.3) is 5.82 Å². The van der Waals surface area contributed by atoms with Crippen molar-refractivity contribution in [1.29, 1.82) is 0 Å². The number of hydrogen-bond acceptors (Lipinski definition) is 6. The van der Waals surface area contributed by atoms with Gasteiger partial charge in [0.15, 0.2) is 5.82 Å². The Morgan fingerprint density at radius 2 is 1.93 bits per heavy atom. The Morgan fingerprint density at radius 1 is 1.11 bits per heavy atom. The van der Waals surface area contributed by atoms with Crippen LogP contribution in [0.3, 0.4) is 0 Å². The number of nitrogens with one attached hydrogen (secondary N) is 1. The largest absolute Gasteiger partial charge is 0.506 e. The highest BCUT2D eigenvalue weighted by Gasteiger charge is 2.22. The second-order valence-electron chi connectivity index (χ2n) is 6.45. The van der Waals surface area contributed by atoms with E-state index in [0.717, 1.165) is 11.3 Å². The zero-order valence-electron chi connectivity index (χ0n) is 15.3. The van der Waals surface area contributed by atoms with Gasteiger partial charge in [-0.3, -0.25) is 0 Å². The first-order chi connectivity index (χ1) is 13.7. The summed E-state index contributed by atoms with van der Waals surface area (Å²) >= 11 is 0. The molecule has 0 bridgehead atoms. The van der Waals surface area contributed by atoms with Crippen molar-refractivity contribution in [3.63, 3.8) is 0 Å². The van der Waals surface area contributed by atoms with Crippen molar-refractivity contribution >= 4 is 11.7 Å². The summed E-state index contributed by atoms with van der Waals surface area (Å²) in [6.07, 6.45) is 4.70. The highest BCUT2D eigenvalue weighted by molar-refractivity contribution is 5.74. The molecule has 9 heteroatoms. The summed E-state index contributed by atoms with van der Waals surface area (Å²) in [7, 11) is 0. The lowest BCUT2D eigenvalue weighted by molar-refractivity contribution is 0.194. The maximum Gasteiger partial charge on any atom is 0.317 e. The molecule has 0 atom stereocenters. The smallest absolute Gasteiger partial charge is 0.317 e. The molecule has 0 radical (unpaired) electrons. The summed E-state index contributed by atoms with van der Waals surface area (Å²) in [5.74, 6) is 0.905. The van der Waals surface area contributed by atoms with Crippen LogP contribution < -0.4 is 10.2 Å². The number of aromatic hydroxyl groups is 1. The number of amides is 2. The topological polar surface area (TPSA) is 99.4 Å². The molecule has 1 aliphatic heterocycles. The number of carbonyl (C=O) groups excluding carboxylic acids is 1. The van der Waals surface area contributed by atoms with E-state index in [-0.39, 0.29) is 11.8 Å². The standard InChI is InChI=1S/C19H21N7O2/c27-17-6-2-1-5-16(17)24-8-10-25(11-9-24)19(28)22-12-15-4-3-7-21-18(15)26-14-20-13-23-26/h1-7,13-14,27H,8-12H2,(H,22,28). The molecular formula is C19H21N7O2. The summed E-state index contributed by atoms with van der Waals surface area (Å²) < 4.78 is 1.58. The minimum absolute atomic E-state index is 0.120. The first-order valence-electron chi connectivity index (χ1n) is 9.07. The van der Waals surface area contributed by atoms with Crippen LogP contribution in [0.1, 0.15) is 5.56 Å². The molecule has 1 aliphatic rings. The van der Waals surface area contributed by atoms with Crippen molar-refractivity contribution in [3.05, 3.63) is 60.8 Å². The zero-order valence-corrected chi connectivity index (χ0v) is 15.3. The van der Waals surface area contributed by atoms with E-state index in [2.05, 4.69) is 25.3 Å². The second-order valence-corrected chi connectivity index (χ2v) is 6.45. The predicted molar refractivity (Wildman–Crippen MR) is 103 cm³/mol. The highest BCUT2D eigenvalue weighted by atomic mass is 16.3. The number of phenols is 1. The molecule has 0 saturated carbocycles. The molecule has 9 nitrogen and oxygen atoms in total. The van der Waals surface area contributed by atoms with E-state index >= 15 is 0 Å². The number of rotatable bonds is 4. The molecule has 3 heterocycles. The van der Waals surface area contributed by atoms with Crippen LogP contribution in [0.5, 0.6) is 5.75 Å². The number of piperazine rings is 1. The van der Waals surface area contributed by atoms with Gasteiger partial charge >= 0.3 is 6.03 Å². The van der Waals surface area contributed by atoms with Crippen LogP contribution in [-0.2, 0) is 6.54 Å². The number of pyridine rings is 1. The van der Waals surface area contributed by atoms with E-state index in [0.29, 0.717) is 38.5 Å². The van der Waals surface area contributed by atoms with Gasteiger partial charge in [-0.25, -0.2) is 19.4 Å². The molecule has 1 aromatic carbocycles. The molecule has 0 spiro atoms. The molecule has 4 rings (SSSR count). The van der Waals surface area contributed by atoms with E-state index in [1.807, 2.05) is 24.3 Å². The number of anilines is 1. The molecule has 2 amide bonds. The molecule has 0 unspecified atom stereocenters. The Morgan fingerprint density at radius 3 is 2.68 bits per heavy atom. The van der Waals surface area contributed by atoms with Crippen LogP contribution in [0.4, 0.5) is 10.5 Å². The van der Waals surface area contributed by atoms with Gasteiger partial charge in [-0.05, 0) is 18.2 Å². The molecular weight excluding hydrogens is 358 g/mol. The third-order valence-corrected chi connectivity index (χ3v) is 4.72. The van der Waals surface area contributed by atoms with Crippen molar-refractivity contribution in [1.82, 2.24) is 30.0 Å². The van der Waals surface area contributed by atoms with E-state index in [1.54, 1.807) is 34.2 Å². The van der Waals surface area contributed by atoms with Gasteiger partial charge in [0.2, 0.25) is 0 Å². The lowest BCUT2D eigenvalue weighted by Gasteiger charge is -2.36. The minimum Gasteiger partial charge on any atom is -0.506 e. The first kappa shape index (κ1) is 17.8. The van der Waals surface area contributed by atoms with Crippen LogP contribution in [0.2, 0.25) is 0 Å². The number of phenolic OH excluding ortho intramolecular Hbond substituents is 1. The maximum atomic E-state index is 12.6. The summed E-state index contributed by atoms with van der Waals surface area (Å²) in [5, 5.41) is 17.1. The number of carbonyl (C=O) groups is 1. The molecule has 0 aliphatic carbocycles. The average molecular weight is 379 g/mol. The fourth-order valence-corrected chi connectivity index (χ4v) is 3.26. The van der Waals surface area contributed by atoms with Gasteiger partial charge in [0.05, 0.1) is 5.69 Å². The highest BCUT2D eigenvalue weighted by Crippen LogP contribution is 2.27. The number of nitrogens with zero attached hydrogens (tertiary/aromatic N) is 6. The lowest BCUT2D eigenvalue weighted by Crippen LogP contribution is -2.51. The monoisotopic (exact) mass is 379 g/mol. The van der Waals surface area contributed by atoms with E-state index in [4.69, 9.17) is 0 Å². The molecule has 2 aromatic heterocycles. The second kappa shape index (κ2) is 7.95. The summed E-state index contributed by atoms with van der Waals surface area (Å²) in [5.41, 5.74) is 1.66. The third kappa shape index (κ3) is 3.73. The maximum absolute atomic E-state index is 12.6. The Balaban J connectivity index is 1.34. The summed E-state index contributed by atoms with van der Waals surface area (Å²) in [6.45, 7) is 2.86. The fourth-order valence-electron chi connectivity index (χ4n) is 3.26. The van der Waals surface area contributed by atoms with E-state index in [1.165, 1.54) is 6.33 Å². The van der Waals surface area contributed by atoms with Crippen molar-refractivity contribution in [2.24, 2.45) is 0 Å². The van der Waals surface area contributed by atoms with Gasteiger partial charge in [0.1, 0.15) is 18.4 Å². The van der Waals surface area contributed by atoms with Crippen molar-refractivity contribution < 1.29 is 9.90 Å². The summed E-state index contributed by atoms with van der Waals surface area (Å²) in [6, 6.07) is 10.9. The molecule has 1 saturated heterocycles. The molecule has 2 N–H and O–H groups in total. The molecule has 28 heavy (non-hydrogen) atoms. The summed E-state index contributed by atoms with van der Waals surface area (Å²) in [4.78, 5) is 24.7. The Bertz CT molecular complexity index is 937. The predicted octanol–water partition coefficient (Wildman–Crippen LogP) is 1.40. The first-order valence-corrected chi connectivity index (χ1v) is 9.07. The lowest BCUT2D eigenvalue weighted by atomic mass is 10.2. The van der Waals surface area contributed by atoms with Crippen LogP contribution in [0.15, 0.2) is 55.2 Å². The van der Waals surface area contributed by atoms with Crippen molar-refractivity contribution in [2.75, 3.05) is 31.1 Å². The number of benzene rings is 1. The molecule has 1 fully saturated rings. The third-order valence-electron chi connectivity index (χ3n) is 4.72. The number of urea groups is 1. The number of para-hydroxylation sites is 2. The Hall–Kier alpha value is -3.62. The SMILES string of the molecule is O=C(NCc1cccnc1-n1cncn1)N1CCN(c2ccccc2O)CC1. The van der Waals surface area contributed by atoms with E-state index in [9.17, 15) is 9.90 Å². The average Bonchev–Trinajstić information content (AvgIpc) is 3.27. The quantitative estimate of drug-likeness (QED) is 0.711. The van der Waals surface area contributed by atoms with Gasteiger partial charge in [-0.2, -0.15) is 5.10 Å². The number of hydrogen-bond donors (Lipinski definition) is 2. The van der Waals surface area contributed by atoms with E-state index < -0.39 is 0 Å². The van der Waals surface area contributed by atoms with Crippen molar-refractivity contribution in [2.45, 2.75) is 6.54 Å². The van der Waals surface area contributed by atoms with Gasteiger partial charge in [-0.15, -0.1) is 0 Å². The minimum atomic E-state index is -0.120. The fraction of sp³-hybridized carbons (Fsp3) is 0.263. The Kier molecular flexibility index (Phi) is 5.05. The zero-order chi connectivity index (χ0) is 19.3. The van der Waals surface area contributed by atoms with Gasteiger partial charge in [0.25, 0.3) is 0 Å². The normalized spacial score (nSPS) is 14.1. The van der Waals surface area contributed by atoms with Crippen LogP contribution in [-0.4, -0.2) is 62.0 Å². The Labute approximate surface area is 162 Å². The van der Waals surface area contributed by atoms with Gasteiger partial charge in [-0.1, -0.05) is 18.2 Å². The van der Waals surface area contributed by atoms with Crippen LogP contribution in [0, 0.1) is 0 Å². The van der Waals surface area contributed by atoms with Gasteiger partial charge in [0, 0.05) is 44.5 Å². The van der Waals surface area contributed by atoms with Crippen LogP contribution >= 0.6 is 0 Å². The number of aromatic nitrogens is 4.